The van der Waals surface area contributed by atoms with Gasteiger partial charge in [-0.2, -0.15) is 5.10 Å². The number of benzene rings is 3. The Bertz CT molecular complexity index is 884. The van der Waals surface area contributed by atoms with E-state index in [-0.39, 0.29) is 6.04 Å². The third-order valence-electron chi connectivity index (χ3n) is 4.57. The molecule has 25 heavy (non-hydrogen) atoms. The summed E-state index contributed by atoms with van der Waals surface area (Å²) in [5.41, 5.74) is 5.85. The van der Waals surface area contributed by atoms with Crippen molar-refractivity contribution in [2.24, 2.45) is 5.10 Å². The molecule has 0 radical (unpaired) electrons. The minimum Gasteiger partial charge on any atom is -0.257 e. The predicted molar refractivity (Wildman–Crippen MR) is 105 cm³/mol. The number of rotatable bonds is 3. The zero-order valence-electron chi connectivity index (χ0n) is 14.1. The van der Waals surface area contributed by atoms with E-state index in [9.17, 15) is 0 Å². The summed E-state index contributed by atoms with van der Waals surface area (Å²) in [5.74, 6) is 0. The lowest BCUT2D eigenvalue weighted by Gasteiger charge is -2.24. The predicted octanol–water partition coefficient (Wildman–Crippen LogP) is 6.00. The van der Waals surface area contributed by atoms with E-state index in [2.05, 4.69) is 66.5 Å². The molecular formula is C22H19ClN2. The first kappa shape index (κ1) is 15.9. The van der Waals surface area contributed by atoms with Gasteiger partial charge in [0.05, 0.1) is 17.4 Å². The van der Waals surface area contributed by atoms with Gasteiger partial charge in [-0.05, 0) is 42.3 Å². The minimum atomic E-state index is 0.203. The van der Waals surface area contributed by atoms with Gasteiger partial charge in [0, 0.05) is 11.4 Å². The molecule has 1 atom stereocenters. The average Bonchev–Trinajstić information content (AvgIpc) is 3.09. The third-order valence-corrected chi connectivity index (χ3v) is 4.82. The van der Waals surface area contributed by atoms with Crippen molar-refractivity contribution in [1.82, 2.24) is 0 Å². The molecule has 3 aromatic carbocycles. The molecule has 0 aromatic heterocycles. The van der Waals surface area contributed by atoms with Crippen LogP contribution in [0.3, 0.4) is 0 Å². The van der Waals surface area contributed by atoms with E-state index < -0.39 is 0 Å². The number of hydrazone groups is 1. The van der Waals surface area contributed by atoms with Gasteiger partial charge in [-0.15, -0.1) is 0 Å². The van der Waals surface area contributed by atoms with E-state index in [1.54, 1.807) is 0 Å². The largest absolute Gasteiger partial charge is 0.257 e. The van der Waals surface area contributed by atoms with E-state index in [1.807, 2.05) is 24.3 Å². The average molecular weight is 347 g/mol. The molecule has 0 spiro atoms. The van der Waals surface area contributed by atoms with Crippen LogP contribution in [-0.4, -0.2) is 5.71 Å². The van der Waals surface area contributed by atoms with Crippen molar-refractivity contribution in [2.45, 2.75) is 19.4 Å². The summed E-state index contributed by atoms with van der Waals surface area (Å²) < 4.78 is 0. The number of anilines is 1. The van der Waals surface area contributed by atoms with Gasteiger partial charge in [-0.3, -0.25) is 5.01 Å². The molecular weight excluding hydrogens is 328 g/mol. The van der Waals surface area contributed by atoms with Crippen molar-refractivity contribution in [1.29, 1.82) is 0 Å². The second-order valence-corrected chi connectivity index (χ2v) is 6.80. The van der Waals surface area contributed by atoms with Crippen molar-refractivity contribution in [3.05, 3.63) is 101 Å². The molecule has 0 aliphatic carbocycles. The van der Waals surface area contributed by atoms with Crippen molar-refractivity contribution < 1.29 is 0 Å². The third kappa shape index (κ3) is 3.31. The normalized spacial score (nSPS) is 16.8. The lowest BCUT2D eigenvalue weighted by Crippen LogP contribution is -2.18. The van der Waals surface area contributed by atoms with Gasteiger partial charge in [-0.1, -0.05) is 71.8 Å². The van der Waals surface area contributed by atoms with Crippen LogP contribution in [0.25, 0.3) is 0 Å². The molecule has 3 aromatic rings. The lowest BCUT2D eigenvalue weighted by molar-refractivity contribution is 0.709. The van der Waals surface area contributed by atoms with Crippen molar-refractivity contribution >= 4 is 23.0 Å². The van der Waals surface area contributed by atoms with Crippen molar-refractivity contribution in [3.8, 4) is 0 Å². The Morgan fingerprint density at radius 3 is 2.24 bits per heavy atom. The lowest BCUT2D eigenvalue weighted by atomic mass is 9.98. The maximum absolute atomic E-state index is 6.03. The molecule has 0 N–H and O–H groups in total. The number of nitrogens with zero attached hydrogens (tertiary/aromatic N) is 2. The quantitative estimate of drug-likeness (QED) is 0.567. The molecule has 0 saturated heterocycles. The highest BCUT2D eigenvalue weighted by Gasteiger charge is 2.29. The molecule has 0 saturated carbocycles. The Hall–Kier alpha value is -2.58. The monoisotopic (exact) mass is 346 g/mol. The standard InChI is InChI=1S/C22H19ClN2/c1-16-7-13-20(14-8-16)25-22(18-5-3-2-4-6-18)15-21(24-25)17-9-11-19(23)12-10-17/h2-14,22H,15H2,1H3. The summed E-state index contributed by atoms with van der Waals surface area (Å²) in [4.78, 5) is 0. The fourth-order valence-corrected chi connectivity index (χ4v) is 3.32. The Balaban J connectivity index is 1.74. The molecule has 1 aliphatic rings. The first-order valence-electron chi connectivity index (χ1n) is 8.45. The molecule has 2 nitrogen and oxygen atoms in total. The number of hydrogen-bond donors (Lipinski definition) is 0. The molecule has 3 heteroatoms. The smallest absolute Gasteiger partial charge is 0.0831 e. The van der Waals surface area contributed by atoms with Gasteiger partial charge >= 0.3 is 0 Å². The van der Waals surface area contributed by atoms with Gasteiger partial charge in [0.1, 0.15) is 0 Å². The summed E-state index contributed by atoms with van der Waals surface area (Å²) in [7, 11) is 0. The molecule has 1 unspecified atom stereocenters. The molecule has 1 heterocycles. The van der Waals surface area contributed by atoms with E-state index >= 15 is 0 Å². The van der Waals surface area contributed by atoms with E-state index in [1.165, 1.54) is 11.1 Å². The minimum absolute atomic E-state index is 0.203. The summed E-state index contributed by atoms with van der Waals surface area (Å²) in [6.07, 6.45) is 0.875. The maximum Gasteiger partial charge on any atom is 0.0831 e. The van der Waals surface area contributed by atoms with Crippen LogP contribution in [0.2, 0.25) is 5.02 Å². The SMILES string of the molecule is Cc1ccc(N2N=C(c3ccc(Cl)cc3)CC2c2ccccc2)cc1. The highest BCUT2D eigenvalue weighted by molar-refractivity contribution is 6.30. The van der Waals surface area contributed by atoms with Crippen LogP contribution in [0.4, 0.5) is 5.69 Å². The topological polar surface area (TPSA) is 15.6 Å². The molecule has 0 bridgehead atoms. The summed E-state index contributed by atoms with van der Waals surface area (Å²) in [5, 5.41) is 7.84. The second kappa shape index (κ2) is 6.73. The summed E-state index contributed by atoms with van der Waals surface area (Å²) in [6.45, 7) is 2.10. The molecule has 124 valence electrons. The van der Waals surface area contributed by atoms with E-state index in [4.69, 9.17) is 16.7 Å². The fraction of sp³-hybridized carbons (Fsp3) is 0.136. The molecule has 4 rings (SSSR count). The Morgan fingerprint density at radius 2 is 1.56 bits per heavy atom. The number of halogens is 1. The van der Waals surface area contributed by atoms with Crippen LogP contribution in [-0.2, 0) is 0 Å². The zero-order chi connectivity index (χ0) is 17.2. The molecule has 1 aliphatic heterocycles. The first-order valence-corrected chi connectivity index (χ1v) is 8.83. The first-order chi connectivity index (χ1) is 12.2. The fourth-order valence-electron chi connectivity index (χ4n) is 3.20. The van der Waals surface area contributed by atoms with E-state index in [0.717, 1.165) is 28.4 Å². The van der Waals surface area contributed by atoms with Crippen LogP contribution in [0.1, 0.15) is 29.2 Å². The molecule has 0 amide bonds. The van der Waals surface area contributed by atoms with Crippen LogP contribution < -0.4 is 5.01 Å². The van der Waals surface area contributed by atoms with Gasteiger partial charge in [-0.25, -0.2) is 0 Å². The highest BCUT2D eigenvalue weighted by Crippen LogP contribution is 2.36. The van der Waals surface area contributed by atoms with Crippen LogP contribution >= 0.6 is 11.6 Å². The zero-order valence-corrected chi connectivity index (χ0v) is 14.8. The Morgan fingerprint density at radius 1 is 0.880 bits per heavy atom. The maximum atomic E-state index is 6.03. The number of hydrogen-bond acceptors (Lipinski definition) is 2. The summed E-state index contributed by atoms with van der Waals surface area (Å²) >= 11 is 6.03. The second-order valence-electron chi connectivity index (χ2n) is 6.36. The van der Waals surface area contributed by atoms with Crippen molar-refractivity contribution in [2.75, 3.05) is 5.01 Å². The van der Waals surface area contributed by atoms with Gasteiger partial charge in [0.25, 0.3) is 0 Å². The van der Waals surface area contributed by atoms with Crippen molar-refractivity contribution in [3.63, 3.8) is 0 Å². The Kier molecular flexibility index (Phi) is 4.29. The van der Waals surface area contributed by atoms with Gasteiger partial charge in [0.2, 0.25) is 0 Å². The number of aryl methyl sites for hydroxylation is 1. The van der Waals surface area contributed by atoms with Crippen LogP contribution in [0.5, 0.6) is 0 Å². The van der Waals surface area contributed by atoms with Gasteiger partial charge < -0.3 is 0 Å². The van der Waals surface area contributed by atoms with Crippen LogP contribution in [0.15, 0.2) is 84.0 Å². The van der Waals surface area contributed by atoms with Crippen LogP contribution in [0, 0.1) is 6.92 Å². The molecule has 0 fully saturated rings. The van der Waals surface area contributed by atoms with Gasteiger partial charge in [0.15, 0.2) is 0 Å². The van der Waals surface area contributed by atoms with E-state index in [0.29, 0.717) is 0 Å². The highest BCUT2D eigenvalue weighted by atomic mass is 35.5. The Labute approximate surface area is 153 Å². The summed E-state index contributed by atoms with van der Waals surface area (Å²) in [6, 6.07) is 27.2.